The quantitative estimate of drug-likeness (QED) is 0.186. The van der Waals surface area contributed by atoms with Crippen LogP contribution in [0, 0.1) is 55.4 Å². The maximum absolute atomic E-state index is 2.51. The summed E-state index contributed by atoms with van der Waals surface area (Å²) in [5, 5.41) is 2.56. The highest BCUT2D eigenvalue weighted by molar-refractivity contribution is 6.13. The van der Waals surface area contributed by atoms with E-state index in [4.69, 9.17) is 0 Å². The Morgan fingerprint density at radius 2 is 1.04 bits per heavy atom. The van der Waals surface area contributed by atoms with Crippen LogP contribution in [0.5, 0.6) is 0 Å². The molecule has 1 heterocycles. The van der Waals surface area contributed by atoms with Crippen molar-refractivity contribution in [2.75, 3.05) is 4.90 Å². The number of hydrogen-bond acceptors (Lipinski definition) is 1. The lowest BCUT2D eigenvalue weighted by atomic mass is 9.81. The smallest absolute Gasteiger partial charge is 0.0544 e. The minimum absolute atomic E-state index is 0.0901. The Labute approximate surface area is 291 Å². The van der Waals surface area contributed by atoms with E-state index in [0.717, 1.165) is 0 Å². The summed E-state index contributed by atoms with van der Waals surface area (Å²) >= 11 is 0. The van der Waals surface area contributed by atoms with Crippen LogP contribution >= 0.6 is 0 Å². The van der Waals surface area contributed by atoms with Gasteiger partial charge in [0.1, 0.15) is 0 Å². The maximum atomic E-state index is 2.51. The van der Waals surface area contributed by atoms with Crippen LogP contribution in [0.15, 0.2) is 97.1 Å². The summed E-state index contributed by atoms with van der Waals surface area (Å²) in [5.41, 5.74) is 23.2. The number of anilines is 3. The van der Waals surface area contributed by atoms with Crippen LogP contribution in [0.1, 0.15) is 69.5 Å². The lowest BCUT2D eigenvalue weighted by Crippen LogP contribution is -2.15. The summed E-state index contributed by atoms with van der Waals surface area (Å²) in [7, 11) is 0. The molecule has 1 aliphatic carbocycles. The van der Waals surface area contributed by atoms with Crippen LogP contribution in [-0.4, -0.2) is 4.57 Å². The molecule has 49 heavy (non-hydrogen) atoms. The molecule has 1 aromatic heterocycles. The minimum atomic E-state index is -0.0901. The fourth-order valence-corrected chi connectivity index (χ4v) is 8.72. The summed E-state index contributed by atoms with van der Waals surface area (Å²) in [6.07, 6.45) is 0. The number of rotatable bonds is 4. The Bertz CT molecular complexity index is 2450. The summed E-state index contributed by atoms with van der Waals surface area (Å²) in [6.45, 7) is 22.5. The van der Waals surface area contributed by atoms with E-state index in [2.05, 4.69) is 176 Å². The zero-order valence-electron chi connectivity index (χ0n) is 30.6. The van der Waals surface area contributed by atoms with Crippen LogP contribution in [-0.2, 0) is 5.41 Å². The van der Waals surface area contributed by atoms with Crippen LogP contribution in [0.2, 0.25) is 0 Å². The molecule has 244 valence electrons. The van der Waals surface area contributed by atoms with Gasteiger partial charge in [0, 0.05) is 38.9 Å². The van der Waals surface area contributed by atoms with Gasteiger partial charge < -0.3 is 9.47 Å². The summed E-state index contributed by atoms with van der Waals surface area (Å²) in [4.78, 5) is 2.46. The largest absolute Gasteiger partial charge is 0.310 e. The van der Waals surface area contributed by atoms with Crippen molar-refractivity contribution in [2.24, 2.45) is 0 Å². The van der Waals surface area contributed by atoms with Crippen molar-refractivity contribution >= 4 is 38.9 Å². The first-order valence-electron chi connectivity index (χ1n) is 17.6. The molecule has 0 amide bonds. The summed E-state index contributed by atoms with van der Waals surface area (Å²) in [6, 6.07) is 37.3. The van der Waals surface area contributed by atoms with Gasteiger partial charge in [-0.3, -0.25) is 0 Å². The Balaban J connectivity index is 1.47. The topological polar surface area (TPSA) is 8.17 Å². The molecule has 0 bridgehead atoms. The second kappa shape index (κ2) is 11.0. The van der Waals surface area contributed by atoms with Crippen molar-refractivity contribution in [3.05, 3.63) is 153 Å². The molecule has 0 saturated heterocycles. The Hall–Kier alpha value is -5.08. The molecule has 0 N–H and O–H groups in total. The van der Waals surface area contributed by atoms with Crippen molar-refractivity contribution < 1.29 is 0 Å². The third-order valence-electron chi connectivity index (χ3n) is 11.0. The molecule has 1 aliphatic rings. The predicted molar refractivity (Wildman–Crippen MR) is 211 cm³/mol. The van der Waals surface area contributed by atoms with Gasteiger partial charge in [-0.15, -0.1) is 0 Å². The molecule has 8 rings (SSSR count). The van der Waals surface area contributed by atoms with Crippen LogP contribution < -0.4 is 4.90 Å². The van der Waals surface area contributed by atoms with E-state index in [-0.39, 0.29) is 5.41 Å². The zero-order chi connectivity index (χ0) is 34.5. The van der Waals surface area contributed by atoms with Crippen LogP contribution in [0.4, 0.5) is 17.1 Å². The fraction of sp³-hybridized carbons (Fsp3) is 0.234. The van der Waals surface area contributed by atoms with E-state index >= 15 is 0 Å². The van der Waals surface area contributed by atoms with Gasteiger partial charge in [0.05, 0.1) is 11.0 Å². The molecule has 0 aliphatic heterocycles. The summed E-state index contributed by atoms with van der Waals surface area (Å²) < 4.78 is 2.51. The van der Waals surface area contributed by atoms with Crippen LogP contribution in [0.3, 0.4) is 0 Å². The predicted octanol–water partition coefficient (Wildman–Crippen LogP) is 13.0. The normalized spacial score (nSPS) is 13.3. The van der Waals surface area contributed by atoms with Crippen molar-refractivity contribution in [3.8, 4) is 16.8 Å². The number of hydrogen-bond donors (Lipinski definition) is 0. The monoisotopic (exact) mass is 638 g/mol. The van der Waals surface area contributed by atoms with E-state index < -0.39 is 0 Å². The molecule has 0 saturated carbocycles. The first kappa shape index (κ1) is 31.2. The molecule has 2 heteroatoms. The van der Waals surface area contributed by atoms with E-state index in [0.29, 0.717) is 0 Å². The molecule has 0 fully saturated rings. The highest BCUT2D eigenvalue weighted by atomic mass is 15.1. The molecule has 2 nitrogen and oxygen atoms in total. The van der Waals surface area contributed by atoms with Gasteiger partial charge in [-0.1, -0.05) is 84.6 Å². The number of aryl methyl sites for hydroxylation is 8. The number of fused-ring (bicyclic) bond motifs is 6. The lowest BCUT2D eigenvalue weighted by Gasteiger charge is -2.29. The first-order chi connectivity index (χ1) is 23.3. The van der Waals surface area contributed by atoms with Gasteiger partial charge in [0.25, 0.3) is 0 Å². The third kappa shape index (κ3) is 4.76. The third-order valence-corrected chi connectivity index (χ3v) is 11.0. The molecular weight excluding hydrogens is 593 g/mol. The van der Waals surface area contributed by atoms with Crippen molar-refractivity contribution in [1.82, 2.24) is 4.57 Å². The van der Waals surface area contributed by atoms with Gasteiger partial charge in [-0.2, -0.15) is 0 Å². The standard InChI is InChI=1S/C47H46N2/c1-27-11-15-41(31(5)19-27)48(42-16-12-28(2)20-32(42)6)35-14-18-44-36(24-35)37-25-38-39(47(9,10)40-23-30(4)22-34(8)46(38)40)26-45(37)49(44)43-17-13-29(3)21-33(43)7/h11-26H,1-10H3. The zero-order valence-corrected chi connectivity index (χ0v) is 30.6. The number of nitrogens with zero attached hydrogens (tertiary/aromatic N) is 2. The fourth-order valence-electron chi connectivity index (χ4n) is 8.72. The molecule has 0 unspecified atom stereocenters. The van der Waals surface area contributed by atoms with E-state index in [9.17, 15) is 0 Å². The Morgan fingerprint density at radius 1 is 0.469 bits per heavy atom. The Morgan fingerprint density at radius 3 is 1.65 bits per heavy atom. The molecular formula is C47H46N2. The SMILES string of the molecule is Cc1ccc(N(c2ccc3c(c2)c2cc4c(cc2n3-c2ccc(C)cc2C)C(C)(C)c2cc(C)cc(C)c2-4)c2ccc(C)cc2C)c(C)c1. The Kier molecular flexibility index (Phi) is 6.99. The second-order valence-electron chi connectivity index (χ2n) is 15.3. The lowest BCUT2D eigenvalue weighted by molar-refractivity contribution is 0.660. The second-order valence-corrected chi connectivity index (χ2v) is 15.3. The average molecular weight is 639 g/mol. The van der Waals surface area contributed by atoms with Crippen molar-refractivity contribution in [3.63, 3.8) is 0 Å². The molecule has 7 aromatic rings. The first-order valence-corrected chi connectivity index (χ1v) is 17.6. The highest BCUT2D eigenvalue weighted by Gasteiger charge is 2.37. The molecule has 0 atom stereocenters. The van der Waals surface area contributed by atoms with Gasteiger partial charge >= 0.3 is 0 Å². The van der Waals surface area contributed by atoms with Gasteiger partial charge in [0.2, 0.25) is 0 Å². The number of aromatic nitrogens is 1. The van der Waals surface area contributed by atoms with Gasteiger partial charge in [-0.25, -0.2) is 0 Å². The number of benzene rings is 6. The van der Waals surface area contributed by atoms with Crippen molar-refractivity contribution in [2.45, 2.75) is 74.7 Å². The average Bonchev–Trinajstić information content (AvgIpc) is 3.46. The minimum Gasteiger partial charge on any atom is -0.310 e. The van der Waals surface area contributed by atoms with Gasteiger partial charge in [-0.05, 0) is 148 Å². The van der Waals surface area contributed by atoms with E-state index in [1.807, 2.05) is 0 Å². The molecule has 0 spiro atoms. The van der Waals surface area contributed by atoms with E-state index in [1.165, 1.54) is 111 Å². The highest BCUT2D eigenvalue weighted by Crippen LogP contribution is 2.53. The van der Waals surface area contributed by atoms with Crippen molar-refractivity contribution in [1.29, 1.82) is 0 Å². The maximum Gasteiger partial charge on any atom is 0.0544 e. The van der Waals surface area contributed by atoms with Crippen LogP contribution in [0.25, 0.3) is 38.6 Å². The molecule has 6 aromatic carbocycles. The molecule has 0 radical (unpaired) electrons. The van der Waals surface area contributed by atoms with Gasteiger partial charge in [0.15, 0.2) is 0 Å². The summed E-state index contributed by atoms with van der Waals surface area (Å²) in [5.74, 6) is 0. The van der Waals surface area contributed by atoms with E-state index in [1.54, 1.807) is 0 Å².